The summed E-state index contributed by atoms with van der Waals surface area (Å²) in [6, 6.07) is 3.67. The number of pyridine rings is 1. The van der Waals surface area contributed by atoms with Crippen molar-refractivity contribution >= 4 is 34.9 Å². The van der Waals surface area contributed by atoms with Gasteiger partial charge in [0, 0.05) is 17.5 Å². The normalized spacial score (nSPS) is 12.4. The predicted molar refractivity (Wildman–Crippen MR) is 101 cm³/mol. The number of carbonyl (C=O) groups is 1. The van der Waals surface area contributed by atoms with E-state index < -0.39 is 6.10 Å². The van der Waals surface area contributed by atoms with Crippen LogP contribution in [0.4, 0.5) is 5.82 Å². The Bertz CT molecular complexity index is 939. The van der Waals surface area contributed by atoms with Crippen molar-refractivity contribution in [1.29, 1.82) is 0 Å². The van der Waals surface area contributed by atoms with E-state index in [1.165, 1.54) is 11.8 Å². The summed E-state index contributed by atoms with van der Waals surface area (Å²) in [5, 5.41) is 10.9. The maximum Gasteiger partial charge on any atom is 0.194 e. The molecule has 0 aliphatic carbocycles. The van der Waals surface area contributed by atoms with Crippen molar-refractivity contribution in [2.24, 2.45) is 0 Å². The minimum Gasteiger partial charge on any atom is -0.393 e. The number of hydrogen-bond donors (Lipinski definition) is 3. The van der Waals surface area contributed by atoms with E-state index in [9.17, 15) is 9.90 Å². The van der Waals surface area contributed by atoms with Gasteiger partial charge in [0.2, 0.25) is 0 Å². The Hall–Kier alpha value is -2.45. The number of nitrogens with zero attached hydrogens (tertiary/aromatic N) is 3. The molecular formula is C18H21N5O2S. The highest BCUT2D eigenvalue weighted by atomic mass is 32.2. The monoisotopic (exact) mass is 371 g/mol. The fourth-order valence-corrected chi connectivity index (χ4v) is 3.58. The van der Waals surface area contributed by atoms with Gasteiger partial charge >= 0.3 is 0 Å². The van der Waals surface area contributed by atoms with Gasteiger partial charge in [0.1, 0.15) is 11.5 Å². The maximum absolute atomic E-state index is 11.6. The zero-order valence-electron chi connectivity index (χ0n) is 14.7. The van der Waals surface area contributed by atoms with Crippen LogP contribution in [0.1, 0.15) is 42.0 Å². The molecule has 0 aromatic carbocycles. The fraction of sp³-hybridized carbons (Fsp3) is 0.333. The molecule has 0 unspecified atom stereocenters. The molecule has 0 radical (unpaired) electrons. The number of carbonyl (C=O) groups excluding carboxylic acids is 1. The average molecular weight is 371 g/mol. The van der Waals surface area contributed by atoms with Gasteiger partial charge < -0.3 is 15.8 Å². The number of nitrogens with two attached hydrogens (primary N) is 1. The Morgan fingerprint density at radius 3 is 2.88 bits per heavy atom. The third-order valence-corrected chi connectivity index (χ3v) is 5.03. The molecule has 3 aromatic heterocycles. The number of aromatic amines is 1. The Kier molecular flexibility index (Phi) is 5.53. The van der Waals surface area contributed by atoms with Gasteiger partial charge in [-0.15, -0.1) is 0 Å². The summed E-state index contributed by atoms with van der Waals surface area (Å²) in [5.41, 5.74) is 8.73. The van der Waals surface area contributed by atoms with Crippen molar-refractivity contribution < 1.29 is 9.90 Å². The molecule has 4 N–H and O–H groups in total. The highest BCUT2D eigenvalue weighted by Crippen LogP contribution is 2.32. The van der Waals surface area contributed by atoms with Crippen LogP contribution in [0.5, 0.6) is 0 Å². The van der Waals surface area contributed by atoms with Crippen LogP contribution in [0.25, 0.3) is 11.0 Å². The maximum atomic E-state index is 11.6. The summed E-state index contributed by atoms with van der Waals surface area (Å²) in [7, 11) is 0. The average Bonchev–Trinajstić information content (AvgIpc) is 2.99. The number of H-pyrrole nitrogens is 1. The van der Waals surface area contributed by atoms with Gasteiger partial charge in [-0.25, -0.2) is 15.0 Å². The van der Waals surface area contributed by atoms with Crippen LogP contribution in [0, 0.1) is 0 Å². The number of nitrogen functional groups attached to an aromatic ring is 1. The molecule has 0 fully saturated rings. The zero-order valence-corrected chi connectivity index (χ0v) is 15.5. The van der Waals surface area contributed by atoms with Crippen LogP contribution < -0.4 is 5.73 Å². The van der Waals surface area contributed by atoms with Crippen molar-refractivity contribution in [3.8, 4) is 0 Å². The van der Waals surface area contributed by atoms with E-state index in [2.05, 4.69) is 19.9 Å². The fourth-order valence-electron chi connectivity index (χ4n) is 2.79. The molecule has 0 aliphatic rings. The highest BCUT2D eigenvalue weighted by Gasteiger charge is 2.18. The number of aromatic nitrogens is 4. The van der Waals surface area contributed by atoms with Crippen LogP contribution in [0.2, 0.25) is 0 Å². The summed E-state index contributed by atoms with van der Waals surface area (Å²) >= 11 is 1.33. The molecule has 0 spiro atoms. The van der Waals surface area contributed by atoms with Gasteiger partial charge in [-0.05, 0) is 50.1 Å². The van der Waals surface area contributed by atoms with Gasteiger partial charge in [0.05, 0.1) is 22.1 Å². The number of fused-ring (bicyclic) bond motifs is 1. The van der Waals surface area contributed by atoms with Crippen molar-refractivity contribution in [3.63, 3.8) is 0 Å². The molecular weight excluding hydrogens is 350 g/mol. The molecule has 7 nitrogen and oxygen atoms in total. The second-order valence-corrected chi connectivity index (χ2v) is 7.05. The number of rotatable bonds is 7. The van der Waals surface area contributed by atoms with Crippen molar-refractivity contribution in [2.45, 2.75) is 49.3 Å². The van der Waals surface area contributed by atoms with Gasteiger partial charge in [-0.1, -0.05) is 6.92 Å². The van der Waals surface area contributed by atoms with Gasteiger partial charge in [0.15, 0.2) is 11.4 Å². The van der Waals surface area contributed by atoms with Crippen LogP contribution in [-0.4, -0.2) is 37.4 Å². The lowest BCUT2D eigenvalue weighted by atomic mass is 10.1. The molecule has 8 heteroatoms. The number of anilines is 1. The van der Waals surface area contributed by atoms with E-state index in [1.54, 1.807) is 19.2 Å². The molecule has 26 heavy (non-hydrogen) atoms. The van der Waals surface area contributed by atoms with Gasteiger partial charge in [-0.3, -0.25) is 4.79 Å². The lowest BCUT2D eigenvalue weighted by molar-refractivity contribution is 0.112. The SMILES string of the molecule is CCc1[nH]c2nc(Sc3cccnc3N)nc(CC[C@H](C)O)c2c1C=O. The number of aldehydes is 1. The van der Waals surface area contributed by atoms with E-state index in [1.807, 2.05) is 13.0 Å². The molecule has 3 aromatic rings. The smallest absolute Gasteiger partial charge is 0.194 e. The first-order valence-corrected chi connectivity index (χ1v) is 9.28. The molecule has 0 amide bonds. The predicted octanol–water partition coefficient (Wildman–Crippen LogP) is 2.77. The molecule has 3 rings (SSSR count). The van der Waals surface area contributed by atoms with Crippen LogP contribution >= 0.6 is 11.8 Å². The molecule has 0 aliphatic heterocycles. The van der Waals surface area contributed by atoms with Gasteiger partial charge in [-0.2, -0.15) is 0 Å². The van der Waals surface area contributed by atoms with E-state index in [0.717, 1.165) is 28.0 Å². The number of nitrogens with one attached hydrogen (secondary N) is 1. The first-order valence-electron chi connectivity index (χ1n) is 8.46. The Morgan fingerprint density at radius 1 is 1.42 bits per heavy atom. The van der Waals surface area contributed by atoms with E-state index in [4.69, 9.17) is 5.73 Å². The zero-order chi connectivity index (χ0) is 18.7. The minimum atomic E-state index is -0.450. The Balaban J connectivity index is 2.10. The summed E-state index contributed by atoms with van der Waals surface area (Å²) in [5.74, 6) is 0.418. The molecule has 1 atom stereocenters. The van der Waals surface area contributed by atoms with Crippen LogP contribution in [0.3, 0.4) is 0 Å². The minimum absolute atomic E-state index is 0.418. The lowest BCUT2D eigenvalue weighted by Crippen LogP contribution is -2.05. The quantitative estimate of drug-likeness (QED) is 0.432. The summed E-state index contributed by atoms with van der Waals surface area (Å²) in [6.07, 6.45) is 3.82. The highest BCUT2D eigenvalue weighted by molar-refractivity contribution is 7.99. The molecule has 136 valence electrons. The summed E-state index contributed by atoms with van der Waals surface area (Å²) < 4.78 is 0. The molecule has 0 saturated carbocycles. The Morgan fingerprint density at radius 2 is 2.23 bits per heavy atom. The number of aryl methyl sites for hydroxylation is 2. The van der Waals surface area contributed by atoms with Crippen molar-refractivity contribution in [3.05, 3.63) is 35.3 Å². The molecule has 0 bridgehead atoms. The summed E-state index contributed by atoms with van der Waals surface area (Å²) in [4.78, 5) is 28.9. The van der Waals surface area contributed by atoms with Gasteiger partial charge in [0.25, 0.3) is 0 Å². The Labute approximate surface area is 155 Å². The third-order valence-electron chi connectivity index (χ3n) is 4.10. The van der Waals surface area contributed by atoms with Crippen molar-refractivity contribution in [2.75, 3.05) is 5.73 Å². The number of aliphatic hydroxyl groups is 1. The number of hydrogen-bond acceptors (Lipinski definition) is 7. The second kappa shape index (κ2) is 7.84. The van der Waals surface area contributed by atoms with E-state index in [-0.39, 0.29) is 0 Å². The molecule has 3 heterocycles. The van der Waals surface area contributed by atoms with Crippen molar-refractivity contribution in [1.82, 2.24) is 19.9 Å². The lowest BCUT2D eigenvalue weighted by Gasteiger charge is -2.08. The largest absolute Gasteiger partial charge is 0.393 e. The summed E-state index contributed by atoms with van der Waals surface area (Å²) in [6.45, 7) is 3.71. The third kappa shape index (κ3) is 3.71. The topological polar surface area (TPSA) is 118 Å². The first kappa shape index (κ1) is 18.3. The molecule has 0 saturated heterocycles. The number of aliphatic hydroxyl groups excluding tert-OH is 1. The van der Waals surface area contributed by atoms with E-state index >= 15 is 0 Å². The van der Waals surface area contributed by atoms with Crippen LogP contribution in [-0.2, 0) is 12.8 Å². The van der Waals surface area contributed by atoms with Crippen LogP contribution in [0.15, 0.2) is 28.4 Å². The first-order chi connectivity index (χ1) is 12.5. The van der Waals surface area contributed by atoms with E-state index in [0.29, 0.717) is 41.4 Å². The standard InChI is InChI=1S/C18H21N5O2S/c1-3-12-11(9-24)15-13(7-6-10(2)25)22-18(23-17(15)21-12)26-14-5-4-8-20-16(14)19/h4-5,8-10,25H,3,6-7H2,1-2H3,(H2,19,20)(H,21,22,23)/t10-/m0/s1. The second-order valence-electron chi connectivity index (χ2n) is 6.04.